The summed E-state index contributed by atoms with van der Waals surface area (Å²) >= 11 is 1.27. The largest absolute Gasteiger partial charge is 0.326 e. The molecule has 2 amide bonds. The van der Waals surface area contributed by atoms with Gasteiger partial charge in [0.05, 0.1) is 5.69 Å². The molecule has 0 saturated carbocycles. The van der Waals surface area contributed by atoms with Crippen molar-refractivity contribution in [2.75, 3.05) is 11.9 Å². The summed E-state index contributed by atoms with van der Waals surface area (Å²) in [5.41, 5.74) is 3.05. The van der Waals surface area contributed by atoms with Crippen LogP contribution in [0.4, 0.5) is 11.4 Å². The normalized spacial score (nSPS) is 17.1. The fraction of sp³-hybridized carbons (Fsp3) is 0.250. The van der Waals surface area contributed by atoms with Gasteiger partial charge in [0, 0.05) is 24.2 Å². The van der Waals surface area contributed by atoms with Gasteiger partial charge >= 0.3 is 0 Å². The molecule has 1 fully saturated rings. The zero-order valence-electron chi connectivity index (χ0n) is 17.6. The highest BCUT2D eigenvalue weighted by Gasteiger charge is 2.38. The molecule has 1 aliphatic heterocycles. The number of aliphatic imine (C=N–C) groups is 1. The highest BCUT2D eigenvalue weighted by molar-refractivity contribution is 8.15. The van der Waals surface area contributed by atoms with Crippen molar-refractivity contribution in [3.63, 3.8) is 0 Å². The molecule has 1 heterocycles. The lowest BCUT2D eigenvalue weighted by molar-refractivity contribution is -0.127. The molecule has 6 nitrogen and oxygen atoms in total. The average molecular weight is 436 g/mol. The van der Waals surface area contributed by atoms with E-state index in [0.717, 1.165) is 17.7 Å². The number of thioether (sulfide) groups is 1. The maximum absolute atomic E-state index is 12.9. The molecular weight excluding hydrogens is 410 g/mol. The van der Waals surface area contributed by atoms with Gasteiger partial charge in [0.2, 0.25) is 11.8 Å². The number of carbonyl (C=O) groups excluding carboxylic acids is 3. The van der Waals surface area contributed by atoms with Crippen LogP contribution in [0.1, 0.15) is 36.2 Å². The highest BCUT2D eigenvalue weighted by Crippen LogP contribution is 2.32. The Morgan fingerprint density at radius 1 is 1.19 bits per heavy atom. The minimum Gasteiger partial charge on any atom is -0.326 e. The number of hydrogen-bond donors (Lipinski definition) is 1. The number of para-hydroxylation sites is 1. The van der Waals surface area contributed by atoms with Crippen molar-refractivity contribution in [1.82, 2.24) is 4.90 Å². The lowest BCUT2D eigenvalue weighted by Gasteiger charge is -2.14. The third kappa shape index (κ3) is 5.49. The molecule has 1 atom stereocenters. The predicted octanol–water partition coefficient (Wildman–Crippen LogP) is 4.60. The fourth-order valence-corrected chi connectivity index (χ4v) is 4.39. The molecule has 7 heteroatoms. The van der Waals surface area contributed by atoms with Gasteiger partial charge in [-0.1, -0.05) is 43.0 Å². The number of nitrogens with one attached hydrogen (secondary N) is 1. The number of amidine groups is 1. The predicted molar refractivity (Wildman–Crippen MR) is 126 cm³/mol. The first-order valence-electron chi connectivity index (χ1n) is 10.1. The maximum Gasteiger partial charge on any atom is 0.242 e. The van der Waals surface area contributed by atoms with E-state index in [-0.39, 0.29) is 24.0 Å². The molecule has 2 aromatic carbocycles. The van der Waals surface area contributed by atoms with Crippen molar-refractivity contribution in [2.45, 2.75) is 31.9 Å². The van der Waals surface area contributed by atoms with Crippen LogP contribution in [-0.2, 0) is 16.0 Å². The maximum atomic E-state index is 12.9. The summed E-state index contributed by atoms with van der Waals surface area (Å²) < 4.78 is 0. The van der Waals surface area contributed by atoms with Crippen LogP contribution in [0, 0.1) is 0 Å². The average Bonchev–Trinajstić information content (AvgIpc) is 3.03. The van der Waals surface area contributed by atoms with E-state index >= 15 is 0 Å². The number of anilines is 1. The molecule has 0 radical (unpaired) electrons. The molecule has 1 N–H and O–H groups in total. The van der Waals surface area contributed by atoms with E-state index in [1.54, 1.807) is 30.3 Å². The molecule has 0 bridgehead atoms. The monoisotopic (exact) mass is 435 g/mol. The third-order valence-electron chi connectivity index (χ3n) is 4.87. The molecule has 0 aromatic heterocycles. The van der Waals surface area contributed by atoms with Gasteiger partial charge in [-0.15, -0.1) is 6.58 Å². The first-order valence-corrected chi connectivity index (χ1v) is 11.0. The number of nitrogens with zero attached hydrogens (tertiary/aromatic N) is 2. The van der Waals surface area contributed by atoms with Gasteiger partial charge in [-0.25, -0.2) is 4.99 Å². The second-order valence-electron chi connectivity index (χ2n) is 7.10. The molecule has 1 saturated heterocycles. The van der Waals surface area contributed by atoms with Crippen LogP contribution in [0.15, 0.2) is 66.2 Å². The second kappa shape index (κ2) is 10.2. The summed E-state index contributed by atoms with van der Waals surface area (Å²) in [5, 5.41) is 2.89. The lowest BCUT2D eigenvalue weighted by Crippen LogP contribution is -2.33. The summed E-state index contributed by atoms with van der Waals surface area (Å²) in [6.45, 7) is 7.56. The standard InChI is InChI=1S/C24H25N3O3S/c1-4-14-27-23(30)21(15-22(29)26-20-9-7-6-8-17(20)5-2)31-24(27)25-19-12-10-18(11-13-19)16(3)28/h4,6-13,21H,1,5,14-15H2,2-3H3,(H,26,29)/t21-/m0/s1. The Bertz CT molecular complexity index is 1030. The van der Waals surface area contributed by atoms with Gasteiger partial charge in [-0.05, 0) is 49.2 Å². The van der Waals surface area contributed by atoms with E-state index in [4.69, 9.17) is 0 Å². The Kier molecular flexibility index (Phi) is 7.41. The SMILES string of the molecule is C=CCN1C(=O)[C@H](CC(=O)Nc2ccccc2CC)SC1=Nc1ccc(C(C)=O)cc1. The van der Waals surface area contributed by atoms with Gasteiger partial charge in [-0.3, -0.25) is 19.3 Å². The van der Waals surface area contributed by atoms with Crippen LogP contribution in [0.3, 0.4) is 0 Å². The van der Waals surface area contributed by atoms with E-state index < -0.39 is 5.25 Å². The van der Waals surface area contributed by atoms with E-state index in [2.05, 4.69) is 16.9 Å². The van der Waals surface area contributed by atoms with Gasteiger partial charge in [-0.2, -0.15) is 0 Å². The van der Waals surface area contributed by atoms with Crippen LogP contribution in [-0.4, -0.2) is 39.5 Å². The van der Waals surface area contributed by atoms with Gasteiger partial charge in [0.25, 0.3) is 0 Å². The highest BCUT2D eigenvalue weighted by atomic mass is 32.2. The second-order valence-corrected chi connectivity index (χ2v) is 8.27. The van der Waals surface area contributed by atoms with Gasteiger partial charge < -0.3 is 5.32 Å². The van der Waals surface area contributed by atoms with E-state index in [1.165, 1.54) is 23.6 Å². The molecule has 3 rings (SSSR count). The van der Waals surface area contributed by atoms with Crippen LogP contribution < -0.4 is 5.32 Å². The quantitative estimate of drug-likeness (QED) is 0.486. The summed E-state index contributed by atoms with van der Waals surface area (Å²) in [7, 11) is 0. The molecule has 1 aliphatic rings. The van der Waals surface area contributed by atoms with Crippen LogP contribution >= 0.6 is 11.8 Å². The van der Waals surface area contributed by atoms with E-state index in [0.29, 0.717) is 23.0 Å². The zero-order chi connectivity index (χ0) is 22.4. The van der Waals surface area contributed by atoms with Gasteiger partial charge in [0.1, 0.15) is 5.25 Å². The van der Waals surface area contributed by atoms with Gasteiger partial charge in [0.15, 0.2) is 11.0 Å². The van der Waals surface area contributed by atoms with E-state index in [9.17, 15) is 14.4 Å². The smallest absolute Gasteiger partial charge is 0.242 e. The van der Waals surface area contributed by atoms with E-state index in [1.807, 2.05) is 31.2 Å². The molecule has 0 unspecified atom stereocenters. The first kappa shape index (κ1) is 22.5. The Balaban J connectivity index is 1.75. The van der Waals surface area contributed by atoms with Crippen molar-refractivity contribution in [3.05, 3.63) is 72.3 Å². The van der Waals surface area contributed by atoms with Crippen LogP contribution in [0.25, 0.3) is 0 Å². The number of benzene rings is 2. The molecule has 160 valence electrons. The molecule has 0 spiro atoms. The molecule has 31 heavy (non-hydrogen) atoms. The summed E-state index contributed by atoms with van der Waals surface area (Å²) in [4.78, 5) is 43.1. The molecule has 0 aliphatic carbocycles. The Hall–Kier alpha value is -3.19. The van der Waals surface area contributed by atoms with Crippen LogP contribution in [0.2, 0.25) is 0 Å². The summed E-state index contributed by atoms with van der Waals surface area (Å²) in [6.07, 6.45) is 2.49. The summed E-state index contributed by atoms with van der Waals surface area (Å²) in [6, 6.07) is 14.5. The van der Waals surface area contributed by atoms with Crippen molar-refractivity contribution in [1.29, 1.82) is 0 Å². The summed E-state index contributed by atoms with van der Waals surface area (Å²) in [5.74, 6) is -0.395. The number of ketones is 1. The first-order chi connectivity index (χ1) is 14.9. The minimum atomic E-state index is -0.552. The number of aryl methyl sites for hydroxylation is 1. The van der Waals surface area contributed by atoms with Crippen molar-refractivity contribution >= 4 is 45.9 Å². The zero-order valence-corrected chi connectivity index (χ0v) is 18.4. The van der Waals surface area contributed by atoms with Crippen molar-refractivity contribution in [3.8, 4) is 0 Å². The third-order valence-corrected chi connectivity index (χ3v) is 6.05. The van der Waals surface area contributed by atoms with Crippen LogP contribution in [0.5, 0.6) is 0 Å². The number of hydrogen-bond acceptors (Lipinski definition) is 5. The van der Waals surface area contributed by atoms with Crippen molar-refractivity contribution in [2.24, 2.45) is 4.99 Å². The molecular formula is C24H25N3O3S. The number of Topliss-reactive ketones (excluding diaryl/α,β-unsaturated/α-hetero) is 1. The topological polar surface area (TPSA) is 78.8 Å². The molecule has 2 aromatic rings. The Morgan fingerprint density at radius 3 is 2.55 bits per heavy atom. The Labute approximate surface area is 186 Å². The minimum absolute atomic E-state index is 0.0198. The number of rotatable bonds is 8. The van der Waals surface area contributed by atoms with Crippen molar-refractivity contribution < 1.29 is 14.4 Å². The lowest BCUT2D eigenvalue weighted by atomic mass is 10.1. The Morgan fingerprint density at radius 2 is 1.90 bits per heavy atom. The number of amides is 2. The number of carbonyl (C=O) groups is 3. The fourth-order valence-electron chi connectivity index (χ4n) is 3.22.